The Bertz CT molecular complexity index is 946. The molecule has 1 heterocycles. The number of phenols is 1. The first kappa shape index (κ1) is 24.6. The highest BCUT2D eigenvalue weighted by atomic mass is 32.2. The van der Waals surface area contributed by atoms with Crippen LogP contribution in [0.4, 0.5) is 0 Å². The van der Waals surface area contributed by atoms with Crippen LogP contribution < -0.4 is 0 Å². The van der Waals surface area contributed by atoms with Crippen molar-refractivity contribution in [2.75, 3.05) is 0 Å². The molecule has 0 atom stereocenters. The van der Waals surface area contributed by atoms with Crippen LogP contribution in [0.15, 0.2) is 57.4 Å². The van der Waals surface area contributed by atoms with Crippen molar-refractivity contribution >= 4 is 24.4 Å². The number of hydrogen-bond donors (Lipinski definition) is 2. The molecule has 3 rings (SSSR count). The SMILES string of the molecule is CCCCCCCCCCCCc1cc(S)c(Sc2nnnn2-c2ccccc2)cc1O. The minimum absolute atomic E-state index is 0.319. The van der Waals surface area contributed by atoms with Crippen molar-refractivity contribution in [3.8, 4) is 11.4 Å². The van der Waals surface area contributed by atoms with E-state index in [2.05, 4.69) is 35.1 Å². The Labute approximate surface area is 201 Å². The fourth-order valence-electron chi connectivity index (χ4n) is 3.76. The van der Waals surface area contributed by atoms with Crippen molar-refractivity contribution in [2.24, 2.45) is 0 Å². The lowest BCUT2D eigenvalue weighted by Crippen LogP contribution is -1.98. The molecule has 172 valence electrons. The predicted molar refractivity (Wildman–Crippen MR) is 134 cm³/mol. The van der Waals surface area contributed by atoms with Gasteiger partial charge in [0.15, 0.2) is 0 Å². The first-order valence-corrected chi connectivity index (χ1v) is 13.0. The summed E-state index contributed by atoms with van der Waals surface area (Å²) in [5.41, 5.74) is 1.85. The molecule has 7 heteroatoms. The number of thiol groups is 1. The summed E-state index contributed by atoms with van der Waals surface area (Å²) in [4.78, 5) is 1.67. The molecular weight excluding hydrogens is 436 g/mol. The van der Waals surface area contributed by atoms with Crippen LogP contribution in [-0.2, 0) is 6.42 Å². The predicted octanol–water partition coefficient (Wildman–Crippen LogP) is 7.27. The van der Waals surface area contributed by atoms with Crippen LogP contribution >= 0.6 is 24.4 Å². The number of phenolic OH excluding ortho intramolecular Hbond substituents is 1. The van der Waals surface area contributed by atoms with E-state index in [9.17, 15) is 5.11 Å². The molecule has 0 saturated carbocycles. The molecule has 32 heavy (non-hydrogen) atoms. The molecule has 5 nitrogen and oxygen atoms in total. The summed E-state index contributed by atoms with van der Waals surface area (Å²) >= 11 is 6.06. The molecule has 0 fully saturated rings. The van der Waals surface area contributed by atoms with E-state index in [0.29, 0.717) is 10.9 Å². The molecule has 0 spiro atoms. The van der Waals surface area contributed by atoms with Gasteiger partial charge < -0.3 is 5.11 Å². The fourth-order valence-corrected chi connectivity index (χ4v) is 4.95. The van der Waals surface area contributed by atoms with Crippen molar-refractivity contribution in [3.05, 3.63) is 48.0 Å². The van der Waals surface area contributed by atoms with Gasteiger partial charge in [0, 0.05) is 9.79 Å². The largest absolute Gasteiger partial charge is 0.508 e. The molecule has 3 aromatic rings. The van der Waals surface area contributed by atoms with E-state index in [1.807, 2.05) is 36.4 Å². The quantitative estimate of drug-likeness (QED) is 0.192. The van der Waals surface area contributed by atoms with Crippen LogP contribution in [-0.4, -0.2) is 25.3 Å². The fraction of sp³-hybridized carbons (Fsp3) is 0.480. The van der Waals surface area contributed by atoms with Crippen molar-refractivity contribution in [1.82, 2.24) is 20.2 Å². The lowest BCUT2D eigenvalue weighted by Gasteiger charge is -2.10. The number of unbranched alkanes of at least 4 members (excludes halogenated alkanes) is 9. The Morgan fingerprint density at radius 3 is 2.25 bits per heavy atom. The Kier molecular flexibility index (Phi) is 10.4. The lowest BCUT2D eigenvalue weighted by atomic mass is 10.0. The monoisotopic (exact) mass is 470 g/mol. The molecule has 2 aromatic carbocycles. The van der Waals surface area contributed by atoms with Crippen molar-refractivity contribution < 1.29 is 5.11 Å². The summed E-state index contributed by atoms with van der Waals surface area (Å²) in [6.45, 7) is 2.26. The standard InChI is InChI=1S/C25H34N4OS2/c1-2-3-4-5-6-7-8-9-10-12-15-20-18-23(31)24(19-22(20)30)32-25-26-27-28-29(25)21-16-13-11-14-17-21/h11,13-14,16-19,30-31H,2-10,12,15H2,1H3. The lowest BCUT2D eigenvalue weighted by molar-refractivity contribution is 0.463. The van der Waals surface area contributed by atoms with Gasteiger partial charge in [-0.1, -0.05) is 82.9 Å². The third-order valence-corrected chi connectivity index (χ3v) is 7.12. The van der Waals surface area contributed by atoms with Crippen LogP contribution in [0.5, 0.6) is 5.75 Å². The molecule has 0 unspecified atom stereocenters. The third kappa shape index (κ3) is 7.55. The molecule has 1 N–H and O–H groups in total. The minimum Gasteiger partial charge on any atom is -0.508 e. The summed E-state index contributed by atoms with van der Waals surface area (Å²) in [6.07, 6.45) is 14.0. The Morgan fingerprint density at radius 1 is 0.906 bits per heavy atom. The highest BCUT2D eigenvalue weighted by Gasteiger charge is 2.14. The van der Waals surface area contributed by atoms with Gasteiger partial charge in [-0.25, -0.2) is 0 Å². The van der Waals surface area contributed by atoms with E-state index in [1.54, 1.807) is 10.7 Å². The zero-order valence-electron chi connectivity index (χ0n) is 18.9. The summed E-state index contributed by atoms with van der Waals surface area (Å²) < 4.78 is 1.69. The number of hydrogen-bond acceptors (Lipinski definition) is 6. The van der Waals surface area contributed by atoms with Crippen molar-refractivity contribution in [2.45, 2.75) is 92.5 Å². The number of nitrogens with zero attached hydrogens (tertiary/aromatic N) is 4. The maximum Gasteiger partial charge on any atom is 0.218 e. The van der Waals surface area contributed by atoms with E-state index in [-0.39, 0.29) is 0 Å². The van der Waals surface area contributed by atoms with Gasteiger partial charge in [-0.05, 0) is 64.9 Å². The summed E-state index contributed by atoms with van der Waals surface area (Å²) in [5.74, 6) is 0.319. The van der Waals surface area contributed by atoms with Crippen molar-refractivity contribution in [1.29, 1.82) is 0 Å². The van der Waals surface area contributed by atoms with E-state index in [4.69, 9.17) is 0 Å². The van der Waals surface area contributed by atoms with Crippen LogP contribution in [0.25, 0.3) is 5.69 Å². The number of aromatic nitrogens is 4. The molecule has 0 aliphatic rings. The van der Waals surface area contributed by atoms with Gasteiger partial charge in [-0.2, -0.15) is 4.68 Å². The number of aromatic hydroxyl groups is 1. The van der Waals surface area contributed by atoms with Crippen LogP contribution in [0, 0.1) is 0 Å². The first-order valence-electron chi connectivity index (χ1n) is 11.8. The van der Waals surface area contributed by atoms with Gasteiger partial charge in [0.1, 0.15) is 5.75 Å². The Hall–Kier alpha value is -1.99. The molecular formula is C25H34N4OS2. The van der Waals surface area contributed by atoms with E-state index in [0.717, 1.165) is 33.9 Å². The zero-order valence-corrected chi connectivity index (χ0v) is 20.6. The summed E-state index contributed by atoms with van der Waals surface area (Å²) in [7, 11) is 0. The Balaban J connectivity index is 1.47. The van der Waals surface area contributed by atoms with Gasteiger partial charge in [0.2, 0.25) is 5.16 Å². The molecule has 0 bridgehead atoms. The van der Waals surface area contributed by atoms with Gasteiger partial charge in [-0.3, -0.25) is 0 Å². The van der Waals surface area contributed by atoms with Gasteiger partial charge >= 0.3 is 0 Å². The molecule has 0 aliphatic heterocycles. The van der Waals surface area contributed by atoms with Gasteiger partial charge in [0.05, 0.1) is 5.69 Å². The van der Waals surface area contributed by atoms with E-state index < -0.39 is 0 Å². The summed E-state index contributed by atoms with van der Waals surface area (Å²) in [5, 5.41) is 23.2. The minimum atomic E-state index is 0.319. The van der Waals surface area contributed by atoms with Gasteiger partial charge in [0.25, 0.3) is 0 Å². The average Bonchev–Trinajstić information content (AvgIpc) is 3.27. The molecule has 0 aliphatic carbocycles. The molecule has 0 saturated heterocycles. The van der Waals surface area contributed by atoms with E-state index >= 15 is 0 Å². The van der Waals surface area contributed by atoms with Crippen molar-refractivity contribution in [3.63, 3.8) is 0 Å². The van der Waals surface area contributed by atoms with E-state index in [1.165, 1.54) is 69.5 Å². The normalized spacial score (nSPS) is 11.2. The number of para-hydroxylation sites is 1. The van der Waals surface area contributed by atoms with Gasteiger partial charge in [-0.15, -0.1) is 17.7 Å². The zero-order chi connectivity index (χ0) is 22.6. The second kappa shape index (κ2) is 13.5. The molecule has 0 radical (unpaired) electrons. The third-order valence-electron chi connectivity index (χ3n) is 5.60. The Morgan fingerprint density at radius 2 is 1.56 bits per heavy atom. The number of benzene rings is 2. The second-order valence-electron chi connectivity index (χ2n) is 8.19. The van der Waals surface area contributed by atoms with Crippen LogP contribution in [0.1, 0.15) is 76.7 Å². The maximum atomic E-state index is 10.6. The van der Waals surface area contributed by atoms with Crippen LogP contribution in [0.3, 0.4) is 0 Å². The van der Waals surface area contributed by atoms with Crippen LogP contribution in [0.2, 0.25) is 0 Å². The highest BCUT2D eigenvalue weighted by Crippen LogP contribution is 2.36. The summed E-state index contributed by atoms with van der Waals surface area (Å²) in [6, 6.07) is 13.5. The average molecular weight is 471 g/mol. The topological polar surface area (TPSA) is 63.8 Å². The number of rotatable bonds is 14. The second-order valence-corrected chi connectivity index (χ2v) is 9.68. The number of tetrazole rings is 1. The highest BCUT2D eigenvalue weighted by molar-refractivity contribution is 7.99. The smallest absolute Gasteiger partial charge is 0.218 e. The first-order chi connectivity index (χ1) is 15.7. The number of aryl methyl sites for hydroxylation is 1. The maximum absolute atomic E-state index is 10.6. The molecule has 1 aromatic heterocycles. The molecule has 0 amide bonds.